The molecular weight excluding hydrogens is 434 g/mol. The zero-order valence-electron chi connectivity index (χ0n) is 15.5. The third-order valence-corrected chi connectivity index (χ3v) is 7.20. The molecule has 2 aromatic carbocycles. The van der Waals surface area contributed by atoms with Gasteiger partial charge >= 0.3 is 0 Å². The normalized spacial score (nSPS) is 11.1. The number of thiophene rings is 1. The van der Waals surface area contributed by atoms with Gasteiger partial charge in [-0.2, -0.15) is 0 Å². The van der Waals surface area contributed by atoms with Crippen LogP contribution in [-0.4, -0.2) is 20.2 Å². The van der Waals surface area contributed by atoms with E-state index >= 15 is 0 Å². The van der Waals surface area contributed by atoms with Crippen molar-refractivity contribution in [3.8, 4) is 11.1 Å². The van der Waals surface area contributed by atoms with Gasteiger partial charge in [0.25, 0.3) is 5.56 Å². The highest BCUT2D eigenvalue weighted by Gasteiger charge is 2.13. The lowest BCUT2D eigenvalue weighted by Crippen LogP contribution is -2.10. The van der Waals surface area contributed by atoms with Crippen LogP contribution in [0.1, 0.15) is 5.82 Å². The Labute approximate surface area is 184 Å². The molecule has 3 aromatic heterocycles. The minimum absolute atomic E-state index is 0.112. The lowest BCUT2D eigenvalue weighted by molar-refractivity contribution is 1.00. The maximum Gasteiger partial charge on any atom is 0.260 e. The number of nitrogens with zero attached hydrogens (tertiary/aromatic N) is 3. The summed E-state index contributed by atoms with van der Waals surface area (Å²) in [4.78, 5) is 21.1. The summed E-state index contributed by atoms with van der Waals surface area (Å²) in [5, 5.41) is 15.0. The van der Waals surface area contributed by atoms with Crippen LogP contribution in [0.3, 0.4) is 0 Å². The molecule has 2 N–H and O–H groups in total. The van der Waals surface area contributed by atoms with Crippen LogP contribution in [0.4, 0.5) is 10.8 Å². The molecule has 3 heterocycles. The van der Waals surface area contributed by atoms with E-state index in [0.29, 0.717) is 17.0 Å². The fourth-order valence-electron chi connectivity index (χ4n) is 2.99. The highest BCUT2D eigenvalue weighted by atomic mass is 32.2. The summed E-state index contributed by atoms with van der Waals surface area (Å²) in [5.41, 5.74) is 2.79. The number of aromatic nitrogens is 4. The van der Waals surface area contributed by atoms with Crippen molar-refractivity contribution in [2.45, 2.75) is 10.1 Å². The first kappa shape index (κ1) is 19.0. The van der Waals surface area contributed by atoms with Gasteiger partial charge in [-0.05, 0) is 17.7 Å². The lowest BCUT2D eigenvalue weighted by Gasteiger charge is -2.01. The number of hydrogen-bond donors (Lipinski definition) is 2. The van der Waals surface area contributed by atoms with Gasteiger partial charge in [-0.15, -0.1) is 21.5 Å². The van der Waals surface area contributed by atoms with Crippen molar-refractivity contribution in [1.29, 1.82) is 0 Å². The van der Waals surface area contributed by atoms with Crippen molar-refractivity contribution in [3.05, 3.63) is 82.2 Å². The Morgan fingerprint density at radius 2 is 1.77 bits per heavy atom. The topological polar surface area (TPSA) is 83.6 Å². The van der Waals surface area contributed by atoms with Crippen LogP contribution in [0.25, 0.3) is 21.3 Å². The largest absolute Gasteiger partial charge is 0.330 e. The third kappa shape index (κ3) is 4.00. The Kier molecular flexibility index (Phi) is 5.31. The smallest absolute Gasteiger partial charge is 0.260 e. The van der Waals surface area contributed by atoms with Crippen molar-refractivity contribution in [3.63, 3.8) is 0 Å². The summed E-state index contributed by atoms with van der Waals surface area (Å²) in [5.74, 6) is 1.15. The number of para-hydroxylation sites is 1. The van der Waals surface area contributed by atoms with Crippen LogP contribution < -0.4 is 10.9 Å². The predicted molar refractivity (Wildman–Crippen MR) is 125 cm³/mol. The van der Waals surface area contributed by atoms with Gasteiger partial charge in [0, 0.05) is 16.6 Å². The van der Waals surface area contributed by atoms with Gasteiger partial charge in [0.1, 0.15) is 10.7 Å². The van der Waals surface area contributed by atoms with Crippen molar-refractivity contribution < 1.29 is 0 Å². The van der Waals surface area contributed by atoms with Gasteiger partial charge in [0.15, 0.2) is 4.34 Å². The standard InChI is InChI=1S/C21H15N5OS3/c27-18-17-15(13-7-3-1-4-8-13)11-28-19(17)24-16(23-18)12-29-21-26-25-20(30-21)22-14-9-5-2-6-10-14/h1-11H,12H2,(H,22,25)(H,23,24,27). The molecule has 5 aromatic rings. The molecule has 0 fully saturated rings. The summed E-state index contributed by atoms with van der Waals surface area (Å²) in [7, 11) is 0. The van der Waals surface area contributed by atoms with Crippen LogP contribution in [0.15, 0.2) is 75.2 Å². The SMILES string of the molecule is O=c1[nH]c(CSc2nnc(Nc3ccccc3)s2)nc2scc(-c3ccccc3)c12. The summed E-state index contributed by atoms with van der Waals surface area (Å²) in [6, 6.07) is 19.7. The monoisotopic (exact) mass is 449 g/mol. The van der Waals surface area contributed by atoms with Gasteiger partial charge in [-0.3, -0.25) is 4.79 Å². The van der Waals surface area contributed by atoms with Gasteiger partial charge < -0.3 is 10.3 Å². The fourth-order valence-corrected chi connectivity index (χ4v) is 5.59. The average molecular weight is 450 g/mol. The van der Waals surface area contributed by atoms with E-state index in [1.54, 1.807) is 0 Å². The maximum atomic E-state index is 12.7. The number of rotatable bonds is 6. The maximum absolute atomic E-state index is 12.7. The molecular formula is C21H15N5OS3. The first-order valence-electron chi connectivity index (χ1n) is 9.10. The molecule has 0 unspecified atom stereocenters. The lowest BCUT2D eigenvalue weighted by atomic mass is 10.1. The summed E-state index contributed by atoms with van der Waals surface area (Å²) < 4.78 is 0.812. The average Bonchev–Trinajstić information content (AvgIpc) is 3.41. The van der Waals surface area contributed by atoms with Crippen LogP contribution in [-0.2, 0) is 5.75 Å². The second-order valence-electron chi connectivity index (χ2n) is 6.36. The van der Waals surface area contributed by atoms with E-state index in [0.717, 1.165) is 31.1 Å². The molecule has 0 amide bonds. The molecule has 0 aliphatic heterocycles. The van der Waals surface area contributed by atoms with E-state index in [1.165, 1.54) is 34.4 Å². The molecule has 0 radical (unpaired) electrons. The number of thioether (sulfide) groups is 1. The van der Waals surface area contributed by atoms with Crippen molar-refractivity contribution in [1.82, 2.24) is 20.2 Å². The van der Waals surface area contributed by atoms with Gasteiger partial charge in [0.05, 0.1) is 11.1 Å². The van der Waals surface area contributed by atoms with Crippen molar-refractivity contribution >= 4 is 55.5 Å². The van der Waals surface area contributed by atoms with E-state index in [2.05, 4.69) is 25.5 Å². The molecule has 30 heavy (non-hydrogen) atoms. The minimum atomic E-state index is -0.112. The third-order valence-electron chi connectivity index (χ3n) is 4.34. The Balaban J connectivity index is 1.32. The summed E-state index contributed by atoms with van der Waals surface area (Å²) in [6.45, 7) is 0. The number of anilines is 2. The molecule has 5 rings (SSSR count). The number of fused-ring (bicyclic) bond motifs is 1. The quantitative estimate of drug-likeness (QED) is 0.331. The molecule has 0 aliphatic rings. The fraction of sp³-hybridized carbons (Fsp3) is 0.0476. The van der Waals surface area contributed by atoms with E-state index in [9.17, 15) is 4.79 Å². The minimum Gasteiger partial charge on any atom is -0.330 e. The summed E-state index contributed by atoms with van der Waals surface area (Å²) >= 11 is 4.46. The van der Waals surface area contributed by atoms with Crippen LogP contribution in [0.2, 0.25) is 0 Å². The van der Waals surface area contributed by atoms with Crippen LogP contribution in [0.5, 0.6) is 0 Å². The highest BCUT2D eigenvalue weighted by molar-refractivity contribution is 8.00. The zero-order chi connectivity index (χ0) is 20.3. The van der Waals surface area contributed by atoms with E-state index in [1.807, 2.05) is 66.0 Å². The van der Waals surface area contributed by atoms with Gasteiger partial charge in [-0.1, -0.05) is 71.6 Å². The Hall–Kier alpha value is -3.01. The molecule has 148 valence electrons. The summed E-state index contributed by atoms with van der Waals surface area (Å²) in [6.07, 6.45) is 0. The predicted octanol–water partition coefficient (Wildman–Crippen LogP) is 5.54. The number of aromatic amines is 1. The molecule has 0 saturated carbocycles. The molecule has 0 saturated heterocycles. The van der Waals surface area contributed by atoms with Crippen molar-refractivity contribution in [2.24, 2.45) is 0 Å². The zero-order valence-corrected chi connectivity index (χ0v) is 18.0. The first-order valence-corrected chi connectivity index (χ1v) is 11.8. The molecule has 0 aliphatic carbocycles. The van der Waals surface area contributed by atoms with E-state index in [-0.39, 0.29) is 5.56 Å². The number of nitrogens with one attached hydrogen (secondary N) is 2. The first-order chi connectivity index (χ1) is 14.8. The highest BCUT2D eigenvalue weighted by Crippen LogP contribution is 2.32. The molecule has 0 bridgehead atoms. The van der Waals surface area contributed by atoms with E-state index < -0.39 is 0 Å². The molecule has 0 spiro atoms. The molecule has 0 atom stereocenters. The van der Waals surface area contributed by atoms with Crippen molar-refractivity contribution in [2.75, 3.05) is 5.32 Å². The Morgan fingerprint density at radius 1 is 1.00 bits per heavy atom. The molecule has 6 nitrogen and oxygen atoms in total. The Morgan fingerprint density at radius 3 is 2.57 bits per heavy atom. The van der Waals surface area contributed by atoms with Crippen LogP contribution in [0, 0.1) is 0 Å². The second-order valence-corrected chi connectivity index (χ2v) is 9.42. The van der Waals surface area contributed by atoms with E-state index in [4.69, 9.17) is 0 Å². The van der Waals surface area contributed by atoms with Gasteiger partial charge in [0.2, 0.25) is 5.13 Å². The van der Waals surface area contributed by atoms with Gasteiger partial charge in [-0.25, -0.2) is 4.98 Å². The second kappa shape index (κ2) is 8.39. The van der Waals surface area contributed by atoms with Crippen LogP contribution >= 0.6 is 34.4 Å². The Bertz CT molecular complexity index is 1350. The molecule has 9 heteroatoms. The number of hydrogen-bond acceptors (Lipinski definition) is 8. The number of H-pyrrole nitrogens is 1. The number of benzene rings is 2.